The van der Waals surface area contributed by atoms with Gasteiger partial charge in [0.05, 0.1) is 13.7 Å². The Hall–Kier alpha value is -0.650. The van der Waals surface area contributed by atoms with Crippen molar-refractivity contribution in [3.8, 4) is 0 Å². The molecule has 5 nitrogen and oxygen atoms in total. The van der Waals surface area contributed by atoms with Gasteiger partial charge in [-0.25, -0.2) is 0 Å². The van der Waals surface area contributed by atoms with E-state index < -0.39 is 5.54 Å². The van der Waals surface area contributed by atoms with Crippen LogP contribution in [0.4, 0.5) is 0 Å². The van der Waals surface area contributed by atoms with Crippen molar-refractivity contribution in [2.24, 2.45) is 0 Å². The zero-order valence-corrected chi connectivity index (χ0v) is 12.7. The van der Waals surface area contributed by atoms with Crippen molar-refractivity contribution in [2.45, 2.75) is 44.7 Å². The lowest BCUT2D eigenvalue weighted by Crippen LogP contribution is -2.58. The molecule has 0 bridgehead atoms. The van der Waals surface area contributed by atoms with Crippen LogP contribution >= 0.6 is 0 Å². The fourth-order valence-electron chi connectivity index (χ4n) is 2.26. The van der Waals surface area contributed by atoms with Crippen molar-refractivity contribution in [1.82, 2.24) is 10.2 Å². The number of ether oxygens (including phenoxy) is 2. The molecule has 1 aliphatic carbocycles. The molecular formula is C14H28N2O3. The van der Waals surface area contributed by atoms with Crippen molar-refractivity contribution in [2.75, 3.05) is 40.5 Å². The van der Waals surface area contributed by atoms with Crippen LogP contribution in [0.25, 0.3) is 0 Å². The van der Waals surface area contributed by atoms with Gasteiger partial charge in [-0.15, -0.1) is 0 Å². The molecule has 0 saturated heterocycles. The van der Waals surface area contributed by atoms with Crippen LogP contribution in [0.5, 0.6) is 0 Å². The van der Waals surface area contributed by atoms with Gasteiger partial charge < -0.3 is 14.8 Å². The van der Waals surface area contributed by atoms with Gasteiger partial charge in [0, 0.05) is 26.2 Å². The Kier molecular flexibility index (Phi) is 6.75. The van der Waals surface area contributed by atoms with E-state index >= 15 is 0 Å². The van der Waals surface area contributed by atoms with Gasteiger partial charge in [-0.3, -0.25) is 9.69 Å². The van der Waals surface area contributed by atoms with Gasteiger partial charge in [-0.2, -0.15) is 0 Å². The molecule has 0 aromatic heterocycles. The van der Waals surface area contributed by atoms with Crippen molar-refractivity contribution in [1.29, 1.82) is 0 Å². The Morgan fingerprint density at radius 2 is 2.11 bits per heavy atom. The van der Waals surface area contributed by atoms with E-state index in [-0.39, 0.29) is 5.97 Å². The van der Waals surface area contributed by atoms with E-state index in [4.69, 9.17) is 9.47 Å². The summed E-state index contributed by atoms with van der Waals surface area (Å²) in [4.78, 5) is 14.4. The molecule has 1 aliphatic rings. The fraction of sp³-hybridized carbons (Fsp3) is 0.929. The quantitative estimate of drug-likeness (QED) is 0.602. The lowest BCUT2D eigenvalue weighted by atomic mass is 10.0. The summed E-state index contributed by atoms with van der Waals surface area (Å²) in [7, 11) is 3.16. The highest BCUT2D eigenvalue weighted by Crippen LogP contribution is 2.28. The van der Waals surface area contributed by atoms with Gasteiger partial charge in [0.2, 0.25) is 0 Å². The zero-order valence-electron chi connectivity index (χ0n) is 12.7. The number of hydrogen-bond donors (Lipinski definition) is 1. The second-order valence-corrected chi connectivity index (χ2v) is 5.44. The normalized spacial score (nSPS) is 18.4. The Morgan fingerprint density at radius 3 is 2.58 bits per heavy atom. The van der Waals surface area contributed by atoms with E-state index in [1.165, 1.54) is 20.0 Å². The summed E-state index contributed by atoms with van der Waals surface area (Å²) in [6, 6.07) is 0.600. The van der Waals surface area contributed by atoms with Gasteiger partial charge in [0.15, 0.2) is 0 Å². The van der Waals surface area contributed by atoms with Gasteiger partial charge >= 0.3 is 5.97 Å². The third-order valence-corrected chi connectivity index (χ3v) is 3.57. The first-order valence-electron chi connectivity index (χ1n) is 7.13. The number of esters is 1. The summed E-state index contributed by atoms with van der Waals surface area (Å²) >= 11 is 0. The van der Waals surface area contributed by atoms with E-state index in [9.17, 15) is 4.79 Å². The van der Waals surface area contributed by atoms with Gasteiger partial charge in [0.1, 0.15) is 5.54 Å². The van der Waals surface area contributed by atoms with Crippen molar-refractivity contribution in [3.05, 3.63) is 0 Å². The Bertz CT molecular complexity index is 282. The molecule has 0 amide bonds. The van der Waals surface area contributed by atoms with Crippen LogP contribution < -0.4 is 5.32 Å². The highest BCUT2D eigenvalue weighted by Gasteiger charge is 2.39. The minimum Gasteiger partial charge on any atom is -0.468 e. The van der Waals surface area contributed by atoms with E-state index in [1.807, 2.05) is 6.92 Å². The number of methoxy groups -OCH3 is 2. The Morgan fingerprint density at radius 1 is 1.42 bits per heavy atom. The predicted molar refractivity (Wildman–Crippen MR) is 75.2 cm³/mol. The van der Waals surface area contributed by atoms with Crippen LogP contribution in [0.3, 0.4) is 0 Å². The second kappa shape index (κ2) is 7.82. The summed E-state index contributed by atoms with van der Waals surface area (Å²) in [5, 5.41) is 3.33. The predicted octanol–water partition coefficient (Wildman–Crippen LogP) is 1.03. The molecule has 0 radical (unpaired) electrons. The lowest BCUT2D eigenvalue weighted by Gasteiger charge is -2.34. The number of carbonyl (C=O) groups excluding carboxylic acids is 1. The minimum absolute atomic E-state index is 0.191. The number of rotatable bonds is 10. The third-order valence-electron chi connectivity index (χ3n) is 3.57. The van der Waals surface area contributed by atoms with Crippen LogP contribution in [0.2, 0.25) is 0 Å². The molecule has 0 aromatic carbocycles. The summed E-state index contributed by atoms with van der Waals surface area (Å²) in [5.41, 5.74) is -0.638. The van der Waals surface area contributed by atoms with Crippen LogP contribution in [-0.2, 0) is 14.3 Å². The molecule has 112 valence electrons. The number of hydrogen-bond acceptors (Lipinski definition) is 5. The molecule has 1 rings (SSSR count). The SMILES string of the molecule is CCCNC(C)(CN(CCOC)C1CC1)C(=O)OC. The van der Waals surface area contributed by atoms with Crippen LogP contribution in [-0.4, -0.2) is 62.9 Å². The molecule has 0 heterocycles. The molecule has 5 heteroatoms. The van der Waals surface area contributed by atoms with Crippen molar-refractivity contribution >= 4 is 5.97 Å². The van der Waals surface area contributed by atoms with Crippen molar-refractivity contribution in [3.63, 3.8) is 0 Å². The highest BCUT2D eigenvalue weighted by molar-refractivity contribution is 5.80. The summed E-state index contributed by atoms with van der Waals surface area (Å²) in [6.07, 6.45) is 3.43. The van der Waals surface area contributed by atoms with E-state index in [0.29, 0.717) is 19.2 Å². The average molecular weight is 272 g/mol. The number of nitrogens with zero attached hydrogens (tertiary/aromatic N) is 1. The minimum atomic E-state index is -0.638. The third kappa shape index (κ3) is 5.09. The molecule has 1 unspecified atom stereocenters. The van der Waals surface area contributed by atoms with Crippen molar-refractivity contribution < 1.29 is 14.3 Å². The smallest absolute Gasteiger partial charge is 0.327 e. The van der Waals surface area contributed by atoms with Gasteiger partial charge in [-0.1, -0.05) is 6.92 Å². The Labute approximate surface area is 116 Å². The second-order valence-electron chi connectivity index (χ2n) is 5.44. The molecular weight excluding hydrogens is 244 g/mol. The average Bonchev–Trinajstić information content (AvgIpc) is 3.24. The number of carbonyl (C=O) groups is 1. The first-order chi connectivity index (χ1) is 9.07. The molecule has 0 aromatic rings. The van der Waals surface area contributed by atoms with Crippen LogP contribution in [0.15, 0.2) is 0 Å². The topological polar surface area (TPSA) is 50.8 Å². The molecule has 1 fully saturated rings. The summed E-state index contributed by atoms with van der Waals surface area (Å²) in [6.45, 7) is 7.07. The molecule has 0 aliphatic heterocycles. The fourth-order valence-corrected chi connectivity index (χ4v) is 2.26. The summed E-state index contributed by atoms with van der Waals surface area (Å²) in [5.74, 6) is -0.191. The largest absolute Gasteiger partial charge is 0.468 e. The first kappa shape index (κ1) is 16.4. The molecule has 1 atom stereocenters. The van der Waals surface area contributed by atoms with Crippen LogP contribution in [0, 0.1) is 0 Å². The maximum atomic E-state index is 12.0. The maximum absolute atomic E-state index is 12.0. The number of nitrogens with one attached hydrogen (secondary N) is 1. The van der Waals surface area contributed by atoms with E-state index in [0.717, 1.165) is 19.5 Å². The zero-order chi connectivity index (χ0) is 14.3. The van der Waals surface area contributed by atoms with Gasteiger partial charge in [0.25, 0.3) is 0 Å². The highest BCUT2D eigenvalue weighted by atomic mass is 16.5. The van der Waals surface area contributed by atoms with Crippen LogP contribution in [0.1, 0.15) is 33.1 Å². The standard InChI is InChI=1S/C14H28N2O3/c1-5-8-15-14(2,13(17)19-4)11-16(9-10-18-3)12-6-7-12/h12,15H,5-11H2,1-4H3. The van der Waals surface area contributed by atoms with E-state index in [1.54, 1.807) is 7.11 Å². The maximum Gasteiger partial charge on any atom is 0.327 e. The molecule has 1 saturated carbocycles. The van der Waals surface area contributed by atoms with Gasteiger partial charge in [-0.05, 0) is 32.7 Å². The summed E-state index contributed by atoms with van der Waals surface area (Å²) < 4.78 is 10.1. The molecule has 1 N–H and O–H groups in total. The Balaban J connectivity index is 2.64. The first-order valence-corrected chi connectivity index (χ1v) is 7.13. The monoisotopic (exact) mass is 272 g/mol. The van der Waals surface area contributed by atoms with E-state index in [2.05, 4.69) is 17.1 Å². The lowest BCUT2D eigenvalue weighted by molar-refractivity contribution is -0.149. The molecule has 0 spiro atoms. The molecule has 19 heavy (non-hydrogen) atoms.